The second kappa shape index (κ2) is 6.16. The third-order valence-electron chi connectivity index (χ3n) is 3.22. The Bertz CT molecular complexity index is 586. The molecule has 0 bridgehead atoms. The van der Waals surface area contributed by atoms with Gasteiger partial charge in [-0.3, -0.25) is 0 Å². The van der Waals surface area contributed by atoms with Crippen molar-refractivity contribution in [3.8, 4) is 0 Å². The Kier molecular flexibility index (Phi) is 4.29. The lowest BCUT2D eigenvalue weighted by Crippen LogP contribution is -2.12. The molecule has 106 valence electrons. The van der Waals surface area contributed by atoms with Crippen LogP contribution in [-0.2, 0) is 12.2 Å². The van der Waals surface area contributed by atoms with Gasteiger partial charge in [0.2, 0.25) is 5.89 Å². The summed E-state index contributed by atoms with van der Waals surface area (Å²) in [6.07, 6.45) is 2.32. The second-order valence-corrected chi connectivity index (χ2v) is 6.44. The summed E-state index contributed by atoms with van der Waals surface area (Å²) in [5, 5.41) is 14.5. The molecule has 4 nitrogen and oxygen atoms in total. The van der Waals surface area contributed by atoms with Gasteiger partial charge in [-0.05, 0) is 37.0 Å². The van der Waals surface area contributed by atoms with E-state index in [-0.39, 0.29) is 6.10 Å². The summed E-state index contributed by atoms with van der Waals surface area (Å²) >= 11 is 7.54. The van der Waals surface area contributed by atoms with Crippen molar-refractivity contribution < 1.29 is 9.63 Å². The first kappa shape index (κ1) is 13.9. The summed E-state index contributed by atoms with van der Waals surface area (Å²) in [7, 11) is 0. The molecule has 6 heteroatoms. The Hall–Kier alpha value is -1.04. The minimum absolute atomic E-state index is 0.344. The van der Waals surface area contributed by atoms with Gasteiger partial charge in [0.15, 0.2) is 5.82 Å². The molecule has 0 spiro atoms. The Labute approximate surface area is 126 Å². The number of halogens is 1. The summed E-state index contributed by atoms with van der Waals surface area (Å²) in [5.41, 5.74) is 0. The maximum Gasteiger partial charge on any atom is 0.229 e. The minimum atomic E-state index is -0.344. The topological polar surface area (TPSA) is 59.2 Å². The first-order valence-electron chi connectivity index (χ1n) is 6.58. The number of hydrogen-bond donors (Lipinski definition) is 1. The first-order valence-corrected chi connectivity index (χ1v) is 7.95. The Morgan fingerprint density at radius 1 is 1.45 bits per heavy atom. The zero-order chi connectivity index (χ0) is 13.9. The van der Waals surface area contributed by atoms with Crippen molar-refractivity contribution in [2.24, 2.45) is 5.92 Å². The minimum Gasteiger partial charge on any atom is -0.392 e. The van der Waals surface area contributed by atoms with Crippen LogP contribution in [0, 0.1) is 5.92 Å². The molecule has 1 fully saturated rings. The zero-order valence-corrected chi connectivity index (χ0v) is 12.4. The largest absolute Gasteiger partial charge is 0.392 e. The third-order valence-corrected chi connectivity index (χ3v) is 4.45. The van der Waals surface area contributed by atoms with Gasteiger partial charge in [-0.2, -0.15) is 4.98 Å². The van der Waals surface area contributed by atoms with E-state index in [0.717, 1.165) is 22.8 Å². The second-order valence-electron chi connectivity index (χ2n) is 4.96. The zero-order valence-electron chi connectivity index (χ0n) is 10.8. The molecule has 1 unspecified atom stereocenters. The van der Waals surface area contributed by atoms with E-state index >= 15 is 0 Å². The van der Waals surface area contributed by atoms with Gasteiger partial charge in [0, 0.05) is 9.92 Å². The molecular weight excluding hydrogens is 296 g/mol. The molecule has 20 heavy (non-hydrogen) atoms. The molecule has 0 radical (unpaired) electrons. The Morgan fingerprint density at radius 3 is 3.05 bits per heavy atom. The van der Waals surface area contributed by atoms with E-state index < -0.39 is 0 Å². The van der Waals surface area contributed by atoms with Gasteiger partial charge in [0.1, 0.15) is 0 Å². The molecule has 1 heterocycles. The van der Waals surface area contributed by atoms with Crippen LogP contribution in [0.2, 0.25) is 5.02 Å². The molecule has 2 aromatic rings. The van der Waals surface area contributed by atoms with Crippen molar-refractivity contribution in [1.82, 2.24) is 10.1 Å². The molecule has 1 aliphatic rings. The van der Waals surface area contributed by atoms with Crippen molar-refractivity contribution in [3.63, 3.8) is 0 Å². The highest BCUT2D eigenvalue weighted by atomic mass is 35.5. The fraction of sp³-hybridized carbons (Fsp3) is 0.429. The highest BCUT2D eigenvalue weighted by Gasteiger charge is 2.31. The van der Waals surface area contributed by atoms with E-state index in [1.807, 2.05) is 24.3 Å². The molecule has 1 aromatic heterocycles. The quantitative estimate of drug-likeness (QED) is 0.829. The number of hydrogen-bond acceptors (Lipinski definition) is 5. The summed E-state index contributed by atoms with van der Waals surface area (Å²) in [5.74, 6) is 2.22. The summed E-state index contributed by atoms with van der Waals surface area (Å²) < 4.78 is 5.16. The van der Waals surface area contributed by atoms with Crippen molar-refractivity contribution in [2.75, 3.05) is 0 Å². The Morgan fingerprint density at radius 2 is 2.30 bits per heavy atom. The van der Waals surface area contributed by atoms with E-state index in [4.69, 9.17) is 16.1 Å². The maximum absolute atomic E-state index is 9.84. The molecule has 3 rings (SSSR count). The normalized spacial score (nSPS) is 16.3. The van der Waals surface area contributed by atoms with Crippen LogP contribution in [0.4, 0.5) is 0 Å². The van der Waals surface area contributed by atoms with Crippen molar-refractivity contribution >= 4 is 23.4 Å². The maximum atomic E-state index is 9.84. The van der Waals surface area contributed by atoms with Crippen LogP contribution in [0.25, 0.3) is 0 Å². The summed E-state index contributed by atoms with van der Waals surface area (Å²) in [4.78, 5) is 5.38. The average molecular weight is 311 g/mol. The Balaban J connectivity index is 1.54. The number of thioether (sulfide) groups is 1. The van der Waals surface area contributed by atoms with Crippen LogP contribution < -0.4 is 0 Å². The van der Waals surface area contributed by atoms with Gasteiger partial charge in [-0.1, -0.05) is 22.8 Å². The lowest BCUT2D eigenvalue weighted by molar-refractivity contribution is 0.140. The van der Waals surface area contributed by atoms with E-state index in [2.05, 4.69) is 10.1 Å². The van der Waals surface area contributed by atoms with Crippen LogP contribution in [0.5, 0.6) is 0 Å². The monoisotopic (exact) mass is 310 g/mol. The molecule has 1 aromatic carbocycles. The lowest BCUT2D eigenvalue weighted by Gasteiger charge is -2.03. The fourth-order valence-corrected chi connectivity index (χ4v) is 3.02. The summed E-state index contributed by atoms with van der Waals surface area (Å²) in [6.45, 7) is 0. The smallest absolute Gasteiger partial charge is 0.229 e. The number of nitrogens with zero attached hydrogens (tertiary/aromatic N) is 2. The number of aromatic nitrogens is 2. The fourth-order valence-electron chi connectivity index (χ4n) is 1.96. The van der Waals surface area contributed by atoms with Crippen LogP contribution in [-0.4, -0.2) is 21.4 Å². The molecule has 1 atom stereocenters. The molecule has 0 aliphatic heterocycles. The number of rotatable bonds is 6. The molecule has 1 N–H and O–H groups in total. The molecule has 1 aliphatic carbocycles. The van der Waals surface area contributed by atoms with Crippen molar-refractivity contribution in [1.29, 1.82) is 0 Å². The van der Waals surface area contributed by atoms with Gasteiger partial charge in [0.25, 0.3) is 0 Å². The van der Waals surface area contributed by atoms with Crippen LogP contribution in [0.1, 0.15) is 24.6 Å². The third kappa shape index (κ3) is 3.75. The predicted octanol–water partition coefficient (Wildman–Crippen LogP) is 3.33. The van der Waals surface area contributed by atoms with Crippen LogP contribution in [0.15, 0.2) is 33.7 Å². The highest BCUT2D eigenvalue weighted by Crippen LogP contribution is 2.33. The molecular formula is C14H15ClN2O2S. The van der Waals surface area contributed by atoms with Crippen LogP contribution in [0.3, 0.4) is 0 Å². The predicted molar refractivity (Wildman–Crippen MR) is 77.7 cm³/mol. The van der Waals surface area contributed by atoms with E-state index in [9.17, 15) is 5.11 Å². The van der Waals surface area contributed by atoms with Crippen molar-refractivity contribution in [3.05, 3.63) is 41.0 Å². The van der Waals surface area contributed by atoms with Gasteiger partial charge < -0.3 is 9.63 Å². The lowest BCUT2D eigenvalue weighted by atomic mass is 10.2. The van der Waals surface area contributed by atoms with E-state index in [0.29, 0.717) is 29.8 Å². The highest BCUT2D eigenvalue weighted by molar-refractivity contribution is 7.98. The average Bonchev–Trinajstić information content (AvgIpc) is 3.19. The molecule has 0 saturated heterocycles. The molecule has 1 saturated carbocycles. The van der Waals surface area contributed by atoms with Crippen LogP contribution >= 0.6 is 23.4 Å². The van der Waals surface area contributed by atoms with E-state index in [1.165, 1.54) is 0 Å². The van der Waals surface area contributed by atoms with Gasteiger partial charge in [0.05, 0.1) is 18.3 Å². The summed E-state index contributed by atoms with van der Waals surface area (Å²) in [6, 6.07) is 7.66. The number of benzene rings is 1. The SMILES string of the molecule is OC(Cc1nc(CSc2cccc(Cl)c2)no1)C1CC1. The van der Waals surface area contributed by atoms with Gasteiger partial charge in [-0.25, -0.2) is 0 Å². The van der Waals surface area contributed by atoms with E-state index in [1.54, 1.807) is 11.8 Å². The molecule has 0 amide bonds. The first-order chi connectivity index (χ1) is 9.70. The van der Waals surface area contributed by atoms with Crippen molar-refractivity contribution in [2.45, 2.75) is 36.0 Å². The number of aliphatic hydroxyl groups excluding tert-OH is 1. The van der Waals surface area contributed by atoms with Gasteiger partial charge in [-0.15, -0.1) is 11.8 Å². The number of aliphatic hydroxyl groups is 1. The van der Waals surface area contributed by atoms with Gasteiger partial charge >= 0.3 is 0 Å². The standard InChI is InChI=1S/C14H15ClN2O2S/c15-10-2-1-3-11(6-10)20-8-13-16-14(19-17-13)7-12(18)9-4-5-9/h1-3,6,9,12,18H,4-5,7-8H2.